The summed E-state index contributed by atoms with van der Waals surface area (Å²) in [5, 5.41) is 9.99. The summed E-state index contributed by atoms with van der Waals surface area (Å²) in [6.07, 6.45) is 0.680. The first-order valence-corrected chi connectivity index (χ1v) is 7.48. The highest BCUT2D eigenvalue weighted by Gasteiger charge is 2.48. The van der Waals surface area contributed by atoms with Crippen LogP contribution in [-0.4, -0.2) is 42.3 Å². The number of β-amino-alcohol motifs (C(OH)–C–C–N with tert-alkyl or cyclic N) is 1. The Labute approximate surface area is 98.7 Å². The maximum atomic E-state index is 11.8. The van der Waals surface area contributed by atoms with Gasteiger partial charge in [-0.05, 0) is 18.3 Å². The quantitative estimate of drug-likeness (QED) is 0.793. The molecule has 1 saturated heterocycles. The van der Waals surface area contributed by atoms with Crippen LogP contribution >= 0.6 is 0 Å². The van der Waals surface area contributed by atoms with Crippen molar-refractivity contribution >= 4 is 10.0 Å². The molecule has 0 unspecified atom stereocenters. The molecule has 4 nitrogen and oxygen atoms in total. The Morgan fingerprint density at radius 2 is 1.75 bits per heavy atom. The highest BCUT2D eigenvalue weighted by Crippen LogP contribution is 2.31. The minimum absolute atomic E-state index is 0.101. The first-order valence-electron chi connectivity index (χ1n) is 5.87. The number of hydrogen-bond acceptors (Lipinski definition) is 3. The molecule has 16 heavy (non-hydrogen) atoms. The lowest BCUT2D eigenvalue weighted by Crippen LogP contribution is -2.66. The van der Waals surface area contributed by atoms with Gasteiger partial charge >= 0.3 is 0 Å². The molecule has 1 aliphatic heterocycles. The predicted molar refractivity (Wildman–Crippen MR) is 64.6 cm³/mol. The van der Waals surface area contributed by atoms with Crippen molar-refractivity contribution in [1.29, 1.82) is 0 Å². The van der Waals surface area contributed by atoms with Crippen molar-refractivity contribution in [2.45, 2.75) is 39.7 Å². The molecular formula is C11H23NO3S. The molecule has 1 aliphatic rings. The molecular weight excluding hydrogens is 226 g/mol. The highest BCUT2D eigenvalue weighted by molar-refractivity contribution is 7.89. The third-order valence-electron chi connectivity index (χ3n) is 3.32. The van der Waals surface area contributed by atoms with Crippen molar-refractivity contribution in [3.05, 3.63) is 0 Å². The topological polar surface area (TPSA) is 57.6 Å². The van der Waals surface area contributed by atoms with Gasteiger partial charge < -0.3 is 5.11 Å². The van der Waals surface area contributed by atoms with E-state index in [1.807, 2.05) is 27.7 Å². The van der Waals surface area contributed by atoms with Gasteiger partial charge in [0.2, 0.25) is 10.0 Å². The van der Waals surface area contributed by atoms with E-state index >= 15 is 0 Å². The second kappa shape index (κ2) is 4.63. The SMILES string of the molecule is CC(C)CCS(=O)(=O)N1CC(O)(C(C)C)C1. The summed E-state index contributed by atoms with van der Waals surface area (Å²) in [7, 11) is -3.15. The Balaban J connectivity index is 2.50. The zero-order valence-electron chi connectivity index (χ0n) is 10.6. The van der Waals surface area contributed by atoms with Gasteiger partial charge in [-0.15, -0.1) is 0 Å². The van der Waals surface area contributed by atoms with Crippen LogP contribution in [0.1, 0.15) is 34.1 Å². The van der Waals surface area contributed by atoms with Gasteiger partial charge in [0.05, 0.1) is 11.4 Å². The molecule has 0 aromatic carbocycles. The van der Waals surface area contributed by atoms with Crippen molar-refractivity contribution in [2.24, 2.45) is 11.8 Å². The smallest absolute Gasteiger partial charge is 0.214 e. The highest BCUT2D eigenvalue weighted by atomic mass is 32.2. The summed E-state index contributed by atoms with van der Waals surface area (Å²) in [5.41, 5.74) is -0.815. The van der Waals surface area contributed by atoms with Gasteiger partial charge in [0.15, 0.2) is 0 Å². The van der Waals surface area contributed by atoms with Gasteiger partial charge in [-0.3, -0.25) is 0 Å². The summed E-state index contributed by atoms with van der Waals surface area (Å²) in [6, 6.07) is 0. The maximum Gasteiger partial charge on any atom is 0.214 e. The van der Waals surface area contributed by atoms with Crippen molar-refractivity contribution in [2.75, 3.05) is 18.8 Å². The van der Waals surface area contributed by atoms with Crippen LogP contribution in [0.25, 0.3) is 0 Å². The zero-order chi connectivity index (χ0) is 12.6. The second-order valence-corrected chi connectivity index (χ2v) is 7.61. The molecule has 0 spiro atoms. The van der Waals surface area contributed by atoms with Gasteiger partial charge in [-0.25, -0.2) is 8.42 Å². The fraction of sp³-hybridized carbons (Fsp3) is 1.00. The fourth-order valence-electron chi connectivity index (χ4n) is 1.64. The standard InChI is InChI=1S/C11H23NO3S/c1-9(2)5-6-16(14,15)12-7-11(13,8-12)10(3)4/h9-10,13H,5-8H2,1-4H3. The molecule has 1 N–H and O–H groups in total. The number of sulfonamides is 1. The lowest BCUT2D eigenvalue weighted by Gasteiger charge is -2.48. The summed E-state index contributed by atoms with van der Waals surface area (Å²) in [6.45, 7) is 8.36. The molecule has 96 valence electrons. The van der Waals surface area contributed by atoms with Crippen LogP contribution in [0.4, 0.5) is 0 Å². The molecule has 5 heteroatoms. The van der Waals surface area contributed by atoms with Gasteiger partial charge in [-0.1, -0.05) is 27.7 Å². The van der Waals surface area contributed by atoms with Crippen molar-refractivity contribution in [1.82, 2.24) is 4.31 Å². The lowest BCUT2D eigenvalue weighted by molar-refractivity contribution is -0.0932. The molecule has 1 rings (SSSR count). The van der Waals surface area contributed by atoms with E-state index in [-0.39, 0.29) is 24.8 Å². The Morgan fingerprint density at radius 1 is 1.25 bits per heavy atom. The summed E-state index contributed by atoms with van der Waals surface area (Å²) >= 11 is 0. The number of rotatable bonds is 5. The first-order chi connectivity index (χ1) is 7.17. The molecule has 0 atom stereocenters. The van der Waals surface area contributed by atoms with Crippen LogP contribution < -0.4 is 0 Å². The van der Waals surface area contributed by atoms with Gasteiger partial charge in [0.1, 0.15) is 0 Å². The van der Waals surface area contributed by atoms with E-state index in [0.29, 0.717) is 12.3 Å². The summed E-state index contributed by atoms with van der Waals surface area (Å²) in [5.74, 6) is 0.683. The Bertz CT molecular complexity index is 329. The average molecular weight is 249 g/mol. The normalized spacial score (nSPS) is 21.4. The van der Waals surface area contributed by atoms with Gasteiger partial charge in [0, 0.05) is 13.1 Å². The van der Waals surface area contributed by atoms with Gasteiger partial charge in [0.25, 0.3) is 0 Å². The Hall–Kier alpha value is -0.130. The van der Waals surface area contributed by atoms with E-state index in [2.05, 4.69) is 0 Å². The lowest BCUT2D eigenvalue weighted by atomic mass is 9.85. The number of nitrogens with zero attached hydrogens (tertiary/aromatic N) is 1. The summed E-state index contributed by atoms with van der Waals surface area (Å²) < 4.78 is 25.1. The molecule has 0 aromatic rings. The Kier molecular flexibility index (Phi) is 4.03. The molecule has 0 aliphatic carbocycles. The molecule has 0 aromatic heterocycles. The van der Waals surface area contributed by atoms with Crippen LogP contribution in [0.2, 0.25) is 0 Å². The maximum absolute atomic E-state index is 11.8. The van der Waals surface area contributed by atoms with E-state index < -0.39 is 15.6 Å². The largest absolute Gasteiger partial charge is 0.387 e. The van der Waals surface area contributed by atoms with Crippen molar-refractivity contribution < 1.29 is 13.5 Å². The van der Waals surface area contributed by atoms with Crippen molar-refractivity contribution in [3.8, 4) is 0 Å². The number of aliphatic hydroxyl groups is 1. The third-order valence-corrected chi connectivity index (χ3v) is 5.12. The number of hydrogen-bond donors (Lipinski definition) is 1. The molecule has 0 amide bonds. The summed E-state index contributed by atoms with van der Waals surface area (Å²) in [4.78, 5) is 0. The van der Waals surface area contributed by atoms with E-state index in [9.17, 15) is 13.5 Å². The minimum Gasteiger partial charge on any atom is -0.387 e. The zero-order valence-corrected chi connectivity index (χ0v) is 11.4. The average Bonchev–Trinajstić information content (AvgIpc) is 2.09. The van der Waals surface area contributed by atoms with Crippen LogP contribution in [0.5, 0.6) is 0 Å². The molecule has 0 bridgehead atoms. The van der Waals surface area contributed by atoms with Crippen LogP contribution in [0.3, 0.4) is 0 Å². The third kappa shape index (κ3) is 2.96. The molecule has 0 saturated carbocycles. The van der Waals surface area contributed by atoms with Crippen LogP contribution in [0.15, 0.2) is 0 Å². The van der Waals surface area contributed by atoms with Crippen LogP contribution in [-0.2, 0) is 10.0 Å². The van der Waals surface area contributed by atoms with E-state index in [0.717, 1.165) is 0 Å². The predicted octanol–water partition coefficient (Wildman–Crippen LogP) is 1.06. The molecule has 0 radical (unpaired) electrons. The Morgan fingerprint density at radius 3 is 2.12 bits per heavy atom. The van der Waals surface area contributed by atoms with E-state index in [4.69, 9.17) is 0 Å². The van der Waals surface area contributed by atoms with Crippen molar-refractivity contribution in [3.63, 3.8) is 0 Å². The van der Waals surface area contributed by atoms with Gasteiger partial charge in [-0.2, -0.15) is 4.31 Å². The second-order valence-electron chi connectivity index (χ2n) is 5.52. The van der Waals surface area contributed by atoms with Crippen LogP contribution in [0, 0.1) is 11.8 Å². The van der Waals surface area contributed by atoms with E-state index in [1.165, 1.54) is 4.31 Å². The first kappa shape index (κ1) is 13.9. The monoisotopic (exact) mass is 249 g/mol. The molecule has 1 heterocycles. The van der Waals surface area contributed by atoms with E-state index in [1.54, 1.807) is 0 Å². The minimum atomic E-state index is -3.15. The molecule has 1 fully saturated rings. The fourth-order valence-corrected chi connectivity index (χ4v) is 3.51.